The summed E-state index contributed by atoms with van der Waals surface area (Å²) >= 11 is 0. The van der Waals surface area contributed by atoms with Crippen LogP contribution in [0.1, 0.15) is 46.0 Å². The van der Waals surface area contributed by atoms with Crippen molar-refractivity contribution < 1.29 is 27.1 Å². The molecule has 0 aromatic heterocycles. The first-order valence-corrected chi connectivity index (χ1v) is 14.6. The molecule has 1 fully saturated rings. The number of carbonyl (C=O) groups is 2. The van der Waals surface area contributed by atoms with Crippen LogP contribution in [-0.2, 0) is 16.4 Å². The van der Waals surface area contributed by atoms with Crippen LogP contribution >= 0.6 is 0 Å². The third-order valence-electron chi connectivity index (χ3n) is 6.84. The number of piperidine rings is 1. The van der Waals surface area contributed by atoms with Crippen LogP contribution in [0.15, 0.2) is 60.7 Å². The second kappa shape index (κ2) is 11.9. The average Bonchev–Trinajstić information content (AvgIpc) is 2.92. The Kier molecular flexibility index (Phi) is 8.54. The quantitative estimate of drug-likeness (QED) is 0.357. The number of Topliss-reactive ketones (excluding diaryl/α,β-unsaturated/α-hetero) is 1. The van der Waals surface area contributed by atoms with E-state index in [0.29, 0.717) is 71.9 Å². The van der Waals surface area contributed by atoms with Gasteiger partial charge in [0.1, 0.15) is 11.6 Å². The topological polar surface area (TPSA) is 105 Å². The summed E-state index contributed by atoms with van der Waals surface area (Å²) in [6, 6.07) is 15.9. The lowest BCUT2D eigenvalue weighted by molar-refractivity contribution is 0.0900. The Hall–Kier alpha value is -3.92. The lowest BCUT2D eigenvalue weighted by Gasteiger charge is -2.36. The summed E-state index contributed by atoms with van der Waals surface area (Å²) in [5.74, 6) is -0.490. The number of hydrogen-bond donors (Lipinski definition) is 2. The van der Waals surface area contributed by atoms with Gasteiger partial charge in [-0.3, -0.25) is 14.3 Å². The molecule has 2 N–H and O–H groups in total. The van der Waals surface area contributed by atoms with Gasteiger partial charge < -0.3 is 15.0 Å². The molecule has 0 atom stereocenters. The second-order valence-corrected chi connectivity index (χ2v) is 11.3. The average molecular weight is 554 g/mol. The van der Waals surface area contributed by atoms with Crippen LogP contribution in [0.25, 0.3) is 0 Å². The second-order valence-electron chi connectivity index (χ2n) is 9.50. The number of halogens is 1. The van der Waals surface area contributed by atoms with Crippen LogP contribution in [0.4, 0.5) is 21.5 Å². The van der Waals surface area contributed by atoms with E-state index in [2.05, 4.69) is 10.0 Å². The van der Waals surface area contributed by atoms with Crippen molar-refractivity contribution in [1.82, 2.24) is 0 Å². The van der Waals surface area contributed by atoms with Crippen molar-refractivity contribution in [1.29, 1.82) is 0 Å². The highest BCUT2D eigenvalue weighted by Crippen LogP contribution is 2.37. The summed E-state index contributed by atoms with van der Waals surface area (Å²) in [5, 5.41) is 2.90. The number of benzene rings is 3. The Bertz CT molecular complexity index is 1470. The normalized spacial score (nSPS) is 14.1. The van der Waals surface area contributed by atoms with Crippen LogP contribution in [0.5, 0.6) is 5.75 Å². The van der Waals surface area contributed by atoms with Gasteiger partial charge in [0, 0.05) is 30.1 Å². The van der Waals surface area contributed by atoms with E-state index in [1.54, 1.807) is 36.4 Å². The van der Waals surface area contributed by atoms with E-state index in [-0.39, 0.29) is 17.6 Å². The largest absolute Gasteiger partial charge is 0.495 e. The number of carbonyl (C=O) groups excluding carboxylic acids is 2. The van der Waals surface area contributed by atoms with Crippen molar-refractivity contribution in [3.63, 3.8) is 0 Å². The predicted octanol–water partition coefficient (Wildman–Crippen LogP) is 5.12. The highest BCUT2D eigenvalue weighted by molar-refractivity contribution is 7.92. The fourth-order valence-corrected chi connectivity index (χ4v) is 5.57. The predicted molar refractivity (Wildman–Crippen MR) is 151 cm³/mol. The molecule has 1 aliphatic heterocycles. The first-order chi connectivity index (χ1) is 18.6. The van der Waals surface area contributed by atoms with Crippen LogP contribution in [0.2, 0.25) is 0 Å². The number of nitrogens with one attached hydrogen (secondary N) is 2. The summed E-state index contributed by atoms with van der Waals surface area (Å²) in [7, 11) is -2.07. The van der Waals surface area contributed by atoms with Crippen LogP contribution in [0, 0.1) is 11.7 Å². The molecule has 0 bridgehead atoms. The molecule has 0 aliphatic carbocycles. The minimum Gasteiger partial charge on any atom is -0.495 e. The maximum absolute atomic E-state index is 13.4. The number of rotatable bonds is 9. The summed E-state index contributed by atoms with van der Waals surface area (Å²) in [4.78, 5) is 28.5. The molecule has 206 valence electrons. The number of amides is 1. The van der Waals surface area contributed by atoms with Gasteiger partial charge in [-0.2, -0.15) is 0 Å². The van der Waals surface area contributed by atoms with E-state index < -0.39 is 15.8 Å². The van der Waals surface area contributed by atoms with Gasteiger partial charge in [-0.15, -0.1) is 0 Å². The number of hydrogen-bond acceptors (Lipinski definition) is 6. The summed E-state index contributed by atoms with van der Waals surface area (Å²) in [5.41, 5.74) is 3.11. The summed E-state index contributed by atoms with van der Waals surface area (Å²) < 4.78 is 45.6. The van der Waals surface area contributed by atoms with Gasteiger partial charge >= 0.3 is 0 Å². The molecular weight excluding hydrogens is 521 g/mol. The molecule has 0 saturated carbocycles. The van der Waals surface area contributed by atoms with Gasteiger partial charge in [0.25, 0.3) is 5.91 Å². The zero-order chi connectivity index (χ0) is 28.2. The molecule has 10 heteroatoms. The van der Waals surface area contributed by atoms with Gasteiger partial charge in [0.15, 0.2) is 5.78 Å². The van der Waals surface area contributed by atoms with Crippen molar-refractivity contribution in [2.24, 2.45) is 5.92 Å². The number of methoxy groups -OCH3 is 1. The summed E-state index contributed by atoms with van der Waals surface area (Å²) in [6.45, 7) is 2.88. The fraction of sp³-hybridized carbons (Fsp3) is 0.310. The molecule has 1 saturated heterocycles. The number of ether oxygens (including phenoxy) is 1. The minimum absolute atomic E-state index is 0.0372. The molecule has 3 aromatic carbocycles. The van der Waals surface area contributed by atoms with E-state index in [9.17, 15) is 22.4 Å². The molecule has 1 amide bonds. The van der Waals surface area contributed by atoms with Crippen molar-refractivity contribution >= 4 is 38.8 Å². The van der Waals surface area contributed by atoms with Crippen LogP contribution < -0.4 is 19.7 Å². The molecule has 0 spiro atoms. The van der Waals surface area contributed by atoms with Gasteiger partial charge in [-0.05, 0) is 73.4 Å². The number of para-hydroxylation sites is 2. The SMILES string of the molecule is CCc1c(C(=O)Nc2ccccc2OC)ccc(NS(C)(=O)=O)c1N1CCC(C(=O)c2ccc(F)cc2)CC1. The Labute approximate surface area is 228 Å². The first-order valence-electron chi connectivity index (χ1n) is 12.7. The molecule has 1 aliphatic rings. The lowest BCUT2D eigenvalue weighted by Crippen LogP contribution is -2.37. The molecule has 0 radical (unpaired) electrons. The van der Waals surface area contributed by atoms with Crippen molar-refractivity contribution in [2.75, 3.05) is 41.4 Å². The van der Waals surface area contributed by atoms with Crippen molar-refractivity contribution in [3.8, 4) is 5.75 Å². The van der Waals surface area contributed by atoms with Crippen molar-refractivity contribution in [2.45, 2.75) is 26.2 Å². The standard InChI is InChI=1S/C29H32FN3O5S/c1-4-22-23(29(35)31-24-7-5-6-8-26(24)38-2)13-14-25(32-39(3,36)37)27(22)33-17-15-20(16-18-33)28(34)19-9-11-21(30)12-10-19/h5-14,20,32H,4,15-18H2,1-3H3,(H,31,35). The Morgan fingerprint density at radius 3 is 2.28 bits per heavy atom. The third kappa shape index (κ3) is 6.57. The number of anilines is 3. The molecule has 1 heterocycles. The van der Waals surface area contributed by atoms with Gasteiger partial charge in [-0.1, -0.05) is 19.1 Å². The third-order valence-corrected chi connectivity index (χ3v) is 7.43. The van der Waals surface area contributed by atoms with E-state index >= 15 is 0 Å². The zero-order valence-corrected chi connectivity index (χ0v) is 23.0. The van der Waals surface area contributed by atoms with Crippen LogP contribution in [-0.4, -0.2) is 46.6 Å². The van der Waals surface area contributed by atoms with E-state index in [1.807, 2.05) is 11.8 Å². The maximum Gasteiger partial charge on any atom is 0.256 e. The van der Waals surface area contributed by atoms with E-state index in [4.69, 9.17) is 4.74 Å². The monoisotopic (exact) mass is 553 g/mol. The molecule has 8 nitrogen and oxygen atoms in total. The highest BCUT2D eigenvalue weighted by Gasteiger charge is 2.30. The Morgan fingerprint density at radius 1 is 1.00 bits per heavy atom. The summed E-state index contributed by atoms with van der Waals surface area (Å²) in [6.07, 6.45) is 2.63. The minimum atomic E-state index is -3.60. The number of sulfonamides is 1. The lowest BCUT2D eigenvalue weighted by atomic mass is 9.88. The van der Waals surface area contributed by atoms with Crippen LogP contribution in [0.3, 0.4) is 0 Å². The molecule has 4 rings (SSSR count). The number of nitrogens with zero attached hydrogens (tertiary/aromatic N) is 1. The van der Waals surface area contributed by atoms with E-state index in [0.717, 1.165) is 6.26 Å². The Morgan fingerprint density at radius 2 is 1.67 bits per heavy atom. The molecule has 39 heavy (non-hydrogen) atoms. The maximum atomic E-state index is 13.4. The smallest absolute Gasteiger partial charge is 0.256 e. The highest BCUT2D eigenvalue weighted by atomic mass is 32.2. The molecular formula is C29H32FN3O5S. The zero-order valence-electron chi connectivity index (χ0n) is 22.2. The number of ketones is 1. The molecule has 3 aromatic rings. The van der Waals surface area contributed by atoms with E-state index in [1.165, 1.54) is 31.4 Å². The molecule has 0 unspecified atom stereocenters. The van der Waals surface area contributed by atoms with Gasteiger partial charge in [0.05, 0.1) is 30.4 Å². The van der Waals surface area contributed by atoms with Crippen molar-refractivity contribution in [3.05, 3.63) is 83.2 Å². The Balaban J connectivity index is 1.64. The van der Waals surface area contributed by atoms with Gasteiger partial charge in [-0.25, -0.2) is 12.8 Å². The first kappa shape index (κ1) is 28.1. The fourth-order valence-electron chi connectivity index (χ4n) is 5.00. The van der Waals surface area contributed by atoms with Gasteiger partial charge in [0.2, 0.25) is 10.0 Å².